The Bertz CT molecular complexity index is 204. The number of aliphatic imine (C=N–C) groups is 1. The first-order chi connectivity index (χ1) is 5.61. The van der Waals surface area contributed by atoms with Gasteiger partial charge in [-0.2, -0.15) is 0 Å². The molecular formula is C9H17N3. The van der Waals surface area contributed by atoms with Crippen LogP contribution in [0.25, 0.3) is 0 Å². The molecule has 0 amide bonds. The molecule has 0 aliphatic carbocycles. The van der Waals surface area contributed by atoms with Crippen LogP contribution in [0, 0.1) is 0 Å². The average molecular weight is 167 g/mol. The number of rotatable bonds is 0. The number of hydrogen-bond donors (Lipinski definition) is 1. The van der Waals surface area contributed by atoms with Crippen LogP contribution < -0.4 is 5.73 Å². The van der Waals surface area contributed by atoms with E-state index in [1.54, 1.807) is 11.0 Å². The number of nitrogens with zero attached hydrogens (tertiary/aromatic N) is 2. The fourth-order valence-electron chi connectivity index (χ4n) is 0.539. The van der Waals surface area contributed by atoms with E-state index in [-0.39, 0.29) is 0 Å². The first-order valence-corrected chi connectivity index (χ1v) is 4.05. The molecule has 68 valence electrons. The van der Waals surface area contributed by atoms with Gasteiger partial charge in [0.15, 0.2) is 0 Å². The van der Waals surface area contributed by atoms with Crippen LogP contribution in [0.1, 0.15) is 20.3 Å². The Balaban J connectivity index is 0.000000354. The Labute approximate surface area is 74.3 Å². The van der Waals surface area contributed by atoms with E-state index in [0.717, 1.165) is 0 Å². The van der Waals surface area contributed by atoms with Gasteiger partial charge < -0.3 is 10.6 Å². The van der Waals surface area contributed by atoms with E-state index >= 15 is 0 Å². The zero-order valence-corrected chi connectivity index (χ0v) is 8.04. The molecule has 0 atom stereocenters. The Morgan fingerprint density at radius 3 is 2.42 bits per heavy atom. The van der Waals surface area contributed by atoms with Crippen LogP contribution in [0.15, 0.2) is 29.7 Å². The third kappa shape index (κ3) is 3.81. The van der Waals surface area contributed by atoms with Gasteiger partial charge in [0.1, 0.15) is 11.7 Å². The quantitative estimate of drug-likeness (QED) is 0.596. The van der Waals surface area contributed by atoms with Gasteiger partial charge in [-0.25, -0.2) is 4.99 Å². The van der Waals surface area contributed by atoms with Crippen LogP contribution in [-0.4, -0.2) is 17.8 Å². The molecule has 0 radical (unpaired) electrons. The molecule has 0 aromatic rings. The van der Waals surface area contributed by atoms with E-state index in [9.17, 15) is 0 Å². The summed E-state index contributed by atoms with van der Waals surface area (Å²) >= 11 is 0. The van der Waals surface area contributed by atoms with E-state index in [1.807, 2.05) is 13.2 Å². The standard InChI is InChI=1S/C6H9N3.C3H8/c1-5-8-6(7)3-4-9(5)2;1-3-2/h3-4H,1H2,2H3,(H2,7,8);3H2,1-2H3. The van der Waals surface area contributed by atoms with Gasteiger partial charge in [-0.15, -0.1) is 0 Å². The molecule has 0 spiro atoms. The maximum atomic E-state index is 5.36. The van der Waals surface area contributed by atoms with Gasteiger partial charge in [0.25, 0.3) is 0 Å². The van der Waals surface area contributed by atoms with E-state index in [0.29, 0.717) is 11.7 Å². The first-order valence-electron chi connectivity index (χ1n) is 4.05. The second-order valence-corrected chi connectivity index (χ2v) is 2.59. The average Bonchev–Trinajstić information content (AvgIpc) is 1.99. The van der Waals surface area contributed by atoms with Gasteiger partial charge in [-0.3, -0.25) is 0 Å². The van der Waals surface area contributed by atoms with Crippen molar-refractivity contribution in [2.24, 2.45) is 10.7 Å². The lowest BCUT2D eigenvalue weighted by atomic mass is 10.4. The summed E-state index contributed by atoms with van der Waals surface area (Å²) in [6.07, 6.45) is 4.80. The second-order valence-electron chi connectivity index (χ2n) is 2.59. The Morgan fingerprint density at radius 1 is 1.58 bits per heavy atom. The molecule has 0 aromatic heterocycles. The highest BCUT2D eigenvalue weighted by molar-refractivity contribution is 5.92. The second kappa shape index (κ2) is 5.41. The van der Waals surface area contributed by atoms with Crippen molar-refractivity contribution in [3.63, 3.8) is 0 Å². The minimum absolute atomic E-state index is 0.512. The van der Waals surface area contributed by atoms with Gasteiger partial charge in [0.05, 0.1) is 0 Å². The summed E-state index contributed by atoms with van der Waals surface area (Å²) in [6, 6.07) is 0. The summed E-state index contributed by atoms with van der Waals surface area (Å²) in [5.41, 5.74) is 5.36. The van der Waals surface area contributed by atoms with Crippen molar-refractivity contribution in [2.45, 2.75) is 20.3 Å². The lowest BCUT2D eigenvalue weighted by Gasteiger charge is -2.16. The highest BCUT2D eigenvalue weighted by Gasteiger charge is 2.00. The molecule has 2 N–H and O–H groups in total. The predicted molar refractivity (Wildman–Crippen MR) is 53.6 cm³/mol. The monoisotopic (exact) mass is 167 g/mol. The van der Waals surface area contributed by atoms with Gasteiger partial charge in [-0.1, -0.05) is 26.8 Å². The van der Waals surface area contributed by atoms with Crippen molar-refractivity contribution in [2.75, 3.05) is 7.05 Å². The van der Waals surface area contributed by atoms with Crippen molar-refractivity contribution in [1.82, 2.24) is 4.90 Å². The SMILES string of the molecule is C=C1N=C(N)C=CN1C.CCC. The Hall–Kier alpha value is -1.25. The van der Waals surface area contributed by atoms with Crippen LogP contribution in [0.4, 0.5) is 0 Å². The lowest BCUT2D eigenvalue weighted by Crippen LogP contribution is -2.19. The molecule has 0 aromatic carbocycles. The lowest BCUT2D eigenvalue weighted by molar-refractivity contribution is 0.560. The molecule has 3 heteroatoms. The summed E-state index contributed by atoms with van der Waals surface area (Å²) in [5.74, 6) is 1.19. The van der Waals surface area contributed by atoms with Crippen molar-refractivity contribution in [1.29, 1.82) is 0 Å². The number of amidine groups is 1. The summed E-state index contributed by atoms with van der Waals surface area (Å²) in [7, 11) is 1.87. The van der Waals surface area contributed by atoms with Crippen LogP contribution >= 0.6 is 0 Å². The van der Waals surface area contributed by atoms with Crippen LogP contribution in [0.5, 0.6) is 0 Å². The minimum Gasteiger partial charge on any atom is -0.384 e. The summed E-state index contributed by atoms with van der Waals surface area (Å²) in [6.45, 7) is 7.90. The molecule has 1 rings (SSSR count). The van der Waals surface area contributed by atoms with Crippen LogP contribution in [-0.2, 0) is 0 Å². The Morgan fingerprint density at radius 2 is 2.08 bits per heavy atom. The molecule has 0 fully saturated rings. The smallest absolute Gasteiger partial charge is 0.127 e. The topological polar surface area (TPSA) is 41.6 Å². The minimum atomic E-state index is 0.512. The molecule has 12 heavy (non-hydrogen) atoms. The molecule has 0 unspecified atom stereocenters. The fraction of sp³-hybridized carbons (Fsp3) is 0.444. The Kier molecular flexibility index (Phi) is 4.84. The third-order valence-electron chi connectivity index (χ3n) is 1.13. The van der Waals surface area contributed by atoms with Gasteiger partial charge in [-0.05, 0) is 6.08 Å². The highest BCUT2D eigenvalue weighted by Crippen LogP contribution is 2.04. The van der Waals surface area contributed by atoms with Gasteiger partial charge in [0, 0.05) is 13.2 Å². The largest absolute Gasteiger partial charge is 0.384 e. The molecule has 0 bridgehead atoms. The van der Waals surface area contributed by atoms with Crippen molar-refractivity contribution in [3.8, 4) is 0 Å². The van der Waals surface area contributed by atoms with Crippen molar-refractivity contribution < 1.29 is 0 Å². The normalized spacial score (nSPS) is 15.1. The summed E-state index contributed by atoms with van der Waals surface area (Å²) < 4.78 is 0. The number of nitrogens with two attached hydrogens (primary N) is 1. The van der Waals surface area contributed by atoms with E-state index < -0.39 is 0 Å². The van der Waals surface area contributed by atoms with Gasteiger partial charge >= 0.3 is 0 Å². The molecule has 0 saturated heterocycles. The van der Waals surface area contributed by atoms with E-state index in [2.05, 4.69) is 25.4 Å². The summed E-state index contributed by atoms with van der Waals surface area (Å²) in [5, 5.41) is 0. The number of hydrogen-bond acceptors (Lipinski definition) is 3. The van der Waals surface area contributed by atoms with Crippen LogP contribution in [0.3, 0.4) is 0 Å². The van der Waals surface area contributed by atoms with Crippen molar-refractivity contribution >= 4 is 5.84 Å². The highest BCUT2D eigenvalue weighted by atomic mass is 15.2. The zero-order valence-electron chi connectivity index (χ0n) is 8.04. The first kappa shape index (κ1) is 10.8. The molecule has 1 heterocycles. The predicted octanol–water partition coefficient (Wildman–Crippen LogP) is 1.69. The van der Waals surface area contributed by atoms with E-state index in [4.69, 9.17) is 5.73 Å². The van der Waals surface area contributed by atoms with E-state index in [1.165, 1.54) is 6.42 Å². The molecule has 1 aliphatic rings. The maximum Gasteiger partial charge on any atom is 0.127 e. The van der Waals surface area contributed by atoms with Crippen molar-refractivity contribution in [3.05, 3.63) is 24.7 Å². The molecular weight excluding hydrogens is 150 g/mol. The summed E-state index contributed by atoms with van der Waals surface area (Å²) in [4.78, 5) is 5.70. The maximum absolute atomic E-state index is 5.36. The molecule has 0 saturated carbocycles. The molecule has 1 aliphatic heterocycles. The van der Waals surface area contributed by atoms with Crippen LogP contribution in [0.2, 0.25) is 0 Å². The zero-order chi connectivity index (χ0) is 9.56. The van der Waals surface area contributed by atoms with Gasteiger partial charge in [0.2, 0.25) is 0 Å². The third-order valence-corrected chi connectivity index (χ3v) is 1.13. The fourth-order valence-corrected chi connectivity index (χ4v) is 0.539. The molecule has 3 nitrogen and oxygen atoms in total.